The first kappa shape index (κ1) is 12.7. The van der Waals surface area contributed by atoms with E-state index in [9.17, 15) is 13.9 Å². The molecule has 0 spiro atoms. The third kappa shape index (κ3) is 2.41. The maximum Gasteiger partial charge on any atom is 0.268 e. The Morgan fingerprint density at radius 3 is 1.88 bits per heavy atom. The second-order valence-electron chi connectivity index (χ2n) is 3.33. The van der Waals surface area contributed by atoms with Crippen molar-refractivity contribution in [2.75, 3.05) is 14.2 Å². The fourth-order valence-electron chi connectivity index (χ4n) is 1.42. The van der Waals surface area contributed by atoms with E-state index in [0.29, 0.717) is 17.1 Å². The van der Waals surface area contributed by atoms with Crippen molar-refractivity contribution >= 4 is 0 Å². The Bertz CT molecular complexity index is 341. The zero-order chi connectivity index (χ0) is 12.3. The summed E-state index contributed by atoms with van der Waals surface area (Å²) in [4.78, 5) is 0. The first-order chi connectivity index (χ1) is 7.51. The van der Waals surface area contributed by atoms with E-state index in [-0.39, 0.29) is 5.56 Å². The molecule has 0 bridgehead atoms. The normalized spacial score (nSPS) is 12.7. The lowest BCUT2D eigenvalue weighted by Crippen LogP contribution is -2.09. The van der Waals surface area contributed by atoms with Gasteiger partial charge in [-0.25, -0.2) is 8.78 Å². The minimum absolute atomic E-state index is 0.0781. The molecule has 1 unspecified atom stereocenters. The molecule has 1 rings (SSSR count). The lowest BCUT2D eigenvalue weighted by molar-refractivity contribution is -0.00596. The molecule has 0 amide bonds. The van der Waals surface area contributed by atoms with E-state index in [4.69, 9.17) is 9.47 Å². The summed E-state index contributed by atoms with van der Waals surface area (Å²) in [6.45, 7) is 1.75. The van der Waals surface area contributed by atoms with Gasteiger partial charge in [-0.05, 0) is 24.6 Å². The Hall–Kier alpha value is -1.36. The highest BCUT2D eigenvalue weighted by molar-refractivity contribution is 5.47. The quantitative estimate of drug-likeness (QED) is 0.865. The number of hydrogen-bond acceptors (Lipinski definition) is 3. The van der Waals surface area contributed by atoms with Crippen LogP contribution in [0.4, 0.5) is 8.78 Å². The van der Waals surface area contributed by atoms with Gasteiger partial charge in [0.15, 0.2) is 0 Å². The molecular formula is C11H14F2O3. The van der Waals surface area contributed by atoms with Crippen LogP contribution in [0, 0.1) is 6.92 Å². The number of rotatable bonds is 4. The molecule has 0 aliphatic rings. The summed E-state index contributed by atoms with van der Waals surface area (Å²) in [6.07, 6.45) is -4.67. The summed E-state index contributed by atoms with van der Waals surface area (Å²) < 4.78 is 34.8. The second kappa shape index (κ2) is 5.12. The van der Waals surface area contributed by atoms with Crippen LogP contribution in [0.2, 0.25) is 0 Å². The third-order valence-electron chi connectivity index (χ3n) is 2.35. The molecule has 1 atom stereocenters. The molecule has 90 valence electrons. The maximum absolute atomic E-state index is 12.4. The highest BCUT2D eigenvalue weighted by Gasteiger charge is 2.21. The van der Waals surface area contributed by atoms with Crippen molar-refractivity contribution in [2.24, 2.45) is 0 Å². The van der Waals surface area contributed by atoms with E-state index in [2.05, 4.69) is 0 Å². The topological polar surface area (TPSA) is 38.7 Å². The standard InChI is InChI=1S/C11H14F2O3/c1-6-8(15-2)4-7(5-9(6)16-3)10(14)11(12)13/h4-5,10-11,14H,1-3H3. The molecule has 5 heteroatoms. The van der Waals surface area contributed by atoms with Crippen LogP contribution in [0.1, 0.15) is 17.2 Å². The molecule has 0 saturated heterocycles. The highest BCUT2D eigenvalue weighted by Crippen LogP contribution is 2.33. The summed E-state index contributed by atoms with van der Waals surface area (Å²) in [7, 11) is 2.86. The van der Waals surface area contributed by atoms with Gasteiger partial charge in [-0.1, -0.05) is 0 Å². The van der Waals surface area contributed by atoms with Crippen molar-refractivity contribution in [1.29, 1.82) is 0 Å². The van der Waals surface area contributed by atoms with E-state index < -0.39 is 12.5 Å². The second-order valence-corrected chi connectivity index (χ2v) is 3.33. The number of benzene rings is 1. The van der Waals surface area contributed by atoms with Gasteiger partial charge in [0, 0.05) is 5.56 Å². The number of alkyl halides is 2. The number of aliphatic hydroxyl groups excluding tert-OH is 1. The first-order valence-electron chi connectivity index (χ1n) is 4.70. The van der Waals surface area contributed by atoms with Gasteiger partial charge in [-0.2, -0.15) is 0 Å². The van der Waals surface area contributed by atoms with Crippen LogP contribution in [0.15, 0.2) is 12.1 Å². The molecular weight excluding hydrogens is 218 g/mol. The number of hydrogen-bond donors (Lipinski definition) is 1. The minimum atomic E-state index is -2.84. The fraction of sp³-hybridized carbons (Fsp3) is 0.455. The maximum atomic E-state index is 12.4. The van der Waals surface area contributed by atoms with Crippen LogP contribution in [0.3, 0.4) is 0 Å². The van der Waals surface area contributed by atoms with E-state index in [1.807, 2.05) is 0 Å². The molecule has 0 radical (unpaired) electrons. The number of halogens is 2. The van der Waals surface area contributed by atoms with Crippen molar-refractivity contribution in [2.45, 2.75) is 19.5 Å². The van der Waals surface area contributed by atoms with Gasteiger partial charge in [0.2, 0.25) is 0 Å². The van der Waals surface area contributed by atoms with E-state index in [0.717, 1.165) is 0 Å². The Balaban J connectivity index is 3.21. The summed E-state index contributed by atoms with van der Waals surface area (Å²) >= 11 is 0. The van der Waals surface area contributed by atoms with Crippen LogP contribution in [0.5, 0.6) is 11.5 Å². The predicted octanol–water partition coefficient (Wildman–Crippen LogP) is 2.31. The van der Waals surface area contributed by atoms with Gasteiger partial charge >= 0.3 is 0 Å². The summed E-state index contributed by atoms with van der Waals surface area (Å²) in [5.74, 6) is 0.822. The minimum Gasteiger partial charge on any atom is -0.496 e. The van der Waals surface area contributed by atoms with Gasteiger partial charge in [0.25, 0.3) is 6.43 Å². The van der Waals surface area contributed by atoms with Crippen LogP contribution in [-0.4, -0.2) is 25.8 Å². The predicted molar refractivity (Wildman–Crippen MR) is 55.2 cm³/mol. The molecule has 1 aromatic carbocycles. The van der Waals surface area contributed by atoms with Crippen LogP contribution in [-0.2, 0) is 0 Å². The molecule has 0 fully saturated rings. The Kier molecular flexibility index (Phi) is 4.06. The molecule has 0 heterocycles. The molecule has 16 heavy (non-hydrogen) atoms. The fourth-order valence-corrected chi connectivity index (χ4v) is 1.42. The van der Waals surface area contributed by atoms with Crippen molar-refractivity contribution < 1.29 is 23.4 Å². The van der Waals surface area contributed by atoms with E-state index in [1.165, 1.54) is 26.4 Å². The van der Waals surface area contributed by atoms with Crippen LogP contribution >= 0.6 is 0 Å². The number of aliphatic hydroxyl groups is 1. The van der Waals surface area contributed by atoms with Crippen LogP contribution in [0.25, 0.3) is 0 Å². The third-order valence-corrected chi connectivity index (χ3v) is 2.35. The van der Waals surface area contributed by atoms with Gasteiger partial charge < -0.3 is 14.6 Å². The van der Waals surface area contributed by atoms with Gasteiger partial charge in [0.1, 0.15) is 17.6 Å². The Labute approximate surface area is 92.6 Å². The number of ether oxygens (including phenoxy) is 2. The lowest BCUT2D eigenvalue weighted by atomic mass is 10.1. The average Bonchev–Trinajstić information content (AvgIpc) is 2.28. The van der Waals surface area contributed by atoms with Gasteiger partial charge in [-0.3, -0.25) is 0 Å². The molecule has 1 N–H and O–H groups in total. The highest BCUT2D eigenvalue weighted by atomic mass is 19.3. The zero-order valence-corrected chi connectivity index (χ0v) is 9.33. The summed E-state index contributed by atoms with van der Waals surface area (Å²) in [6, 6.07) is 2.77. The molecule has 0 aliphatic heterocycles. The van der Waals surface area contributed by atoms with E-state index >= 15 is 0 Å². The lowest BCUT2D eigenvalue weighted by Gasteiger charge is -2.15. The Morgan fingerprint density at radius 1 is 1.12 bits per heavy atom. The summed E-state index contributed by atoms with van der Waals surface area (Å²) in [5.41, 5.74) is 0.782. The largest absolute Gasteiger partial charge is 0.496 e. The molecule has 0 aromatic heterocycles. The Morgan fingerprint density at radius 2 is 1.56 bits per heavy atom. The summed E-state index contributed by atoms with van der Waals surface area (Å²) in [5, 5.41) is 9.27. The smallest absolute Gasteiger partial charge is 0.268 e. The van der Waals surface area contributed by atoms with E-state index in [1.54, 1.807) is 6.92 Å². The van der Waals surface area contributed by atoms with Gasteiger partial charge in [-0.15, -0.1) is 0 Å². The average molecular weight is 232 g/mol. The van der Waals surface area contributed by atoms with Crippen molar-refractivity contribution in [3.8, 4) is 11.5 Å². The number of methoxy groups -OCH3 is 2. The van der Waals surface area contributed by atoms with Crippen molar-refractivity contribution in [3.63, 3.8) is 0 Å². The molecule has 0 aliphatic carbocycles. The van der Waals surface area contributed by atoms with Crippen LogP contribution < -0.4 is 9.47 Å². The first-order valence-corrected chi connectivity index (χ1v) is 4.70. The van der Waals surface area contributed by atoms with Crippen molar-refractivity contribution in [1.82, 2.24) is 0 Å². The molecule has 1 aromatic rings. The monoisotopic (exact) mass is 232 g/mol. The molecule has 3 nitrogen and oxygen atoms in total. The SMILES string of the molecule is COc1cc(C(O)C(F)F)cc(OC)c1C. The van der Waals surface area contributed by atoms with Crippen molar-refractivity contribution in [3.05, 3.63) is 23.3 Å². The van der Waals surface area contributed by atoms with Gasteiger partial charge in [0.05, 0.1) is 14.2 Å². The molecule has 0 saturated carbocycles. The zero-order valence-electron chi connectivity index (χ0n) is 9.33.